The number of carbonyl (C=O) groups is 1. The first-order chi connectivity index (χ1) is 9.88. The van der Waals surface area contributed by atoms with E-state index < -0.39 is 5.41 Å². The predicted molar refractivity (Wildman–Crippen MR) is 85.1 cm³/mol. The second kappa shape index (κ2) is 6.58. The summed E-state index contributed by atoms with van der Waals surface area (Å²) >= 11 is 0. The highest BCUT2D eigenvalue weighted by Crippen LogP contribution is 2.24. The molecule has 2 unspecified atom stereocenters. The molecule has 2 N–H and O–H groups in total. The second-order valence-electron chi connectivity index (χ2n) is 6.77. The van der Waals surface area contributed by atoms with Crippen LogP contribution in [0, 0.1) is 11.3 Å². The van der Waals surface area contributed by atoms with Crippen LogP contribution in [0.1, 0.15) is 27.2 Å². The summed E-state index contributed by atoms with van der Waals surface area (Å²) in [6, 6.07) is 9.52. The largest absolute Gasteiger partial charge is 0.392 e. The molecule has 0 radical (unpaired) electrons. The van der Waals surface area contributed by atoms with Gasteiger partial charge in [0.1, 0.15) is 0 Å². The van der Waals surface area contributed by atoms with Crippen molar-refractivity contribution in [1.82, 2.24) is 4.90 Å². The summed E-state index contributed by atoms with van der Waals surface area (Å²) in [5, 5.41) is 12.9. The molecule has 1 aromatic rings. The third-order valence-corrected chi connectivity index (χ3v) is 4.27. The van der Waals surface area contributed by atoms with E-state index in [1.807, 2.05) is 44.2 Å². The third kappa shape index (κ3) is 4.29. The lowest BCUT2D eigenvalue weighted by atomic mass is 9.88. The average Bonchev–Trinajstić information content (AvgIpc) is 2.43. The van der Waals surface area contributed by atoms with Crippen LogP contribution in [-0.4, -0.2) is 41.7 Å². The number of hydrogen-bond donors (Lipinski definition) is 2. The van der Waals surface area contributed by atoms with Crippen LogP contribution in [0.5, 0.6) is 0 Å². The Morgan fingerprint density at radius 3 is 2.67 bits per heavy atom. The van der Waals surface area contributed by atoms with Gasteiger partial charge in [0.2, 0.25) is 5.91 Å². The minimum atomic E-state index is -0.490. The van der Waals surface area contributed by atoms with Crippen molar-refractivity contribution in [2.75, 3.05) is 25.0 Å². The van der Waals surface area contributed by atoms with Gasteiger partial charge in [0, 0.05) is 18.8 Å². The van der Waals surface area contributed by atoms with Crippen LogP contribution < -0.4 is 5.32 Å². The number of aliphatic hydroxyl groups excluding tert-OH is 1. The highest BCUT2D eigenvalue weighted by molar-refractivity contribution is 5.94. The zero-order valence-electron chi connectivity index (χ0n) is 13.2. The maximum atomic E-state index is 12.5. The van der Waals surface area contributed by atoms with E-state index in [9.17, 15) is 9.90 Å². The summed E-state index contributed by atoms with van der Waals surface area (Å²) in [5.74, 6) is 0.365. The van der Waals surface area contributed by atoms with Crippen LogP contribution in [-0.2, 0) is 4.79 Å². The average molecular weight is 290 g/mol. The number of aliphatic hydroxyl groups is 1. The van der Waals surface area contributed by atoms with Crippen molar-refractivity contribution in [3.63, 3.8) is 0 Å². The molecule has 0 aromatic heterocycles. The first kappa shape index (κ1) is 16.0. The number of nitrogens with one attached hydrogen (secondary N) is 1. The van der Waals surface area contributed by atoms with Crippen LogP contribution >= 0.6 is 0 Å². The van der Waals surface area contributed by atoms with Crippen LogP contribution in [0.4, 0.5) is 5.69 Å². The topological polar surface area (TPSA) is 52.6 Å². The van der Waals surface area contributed by atoms with Gasteiger partial charge in [0.05, 0.1) is 11.5 Å². The number of likely N-dealkylation sites (tertiary alicyclic amines) is 1. The lowest BCUT2D eigenvalue weighted by molar-refractivity contribution is -0.125. The summed E-state index contributed by atoms with van der Waals surface area (Å²) in [4.78, 5) is 14.6. The number of para-hydroxylation sites is 1. The fourth-order valence-corrected chi connectivity index (χ4v) is 2.71. The maximum absolute atomic E-state index is 12.5. The van der Waals surface area contributed by atoms with Crippen LogP contribution in [0.3, 0.4) is 0 Å². The number of rotatable bonds is 4. The Morgan fingerprint density at radius 1 is 1.38 bits per heavy atom. The van der Waals surface area contributed by atoms with Gasteiger partial charge in [-0.25, -0.2) is 0 Å². The molecular formula is C17H26N2O2. The molecule has 1 aromatic carbocycles. The molecule has 1 amide bonds. The van der Waals surface area contributed by atoms with Gasteiger partial charge in [-0.15, -0.1) is 0 Å². The van der Waals surface area contributed by atoms with E-state index in [2.05, 4.69) is 17.1 Å². The normalized spacial score (nSPS) is 23.8. The number of hydrogen-bond acceptors (Lipinski definition) is 3. The van der Waals surface area contributed by atoms with E-state index in [0.717, 1.165) is 18.7 Å². The maximum Gasteiger partial charge on any atom is 0.231 e. The van der Waals surface area contributed by atoms with Gasteiger partial charge in [0.25, 0.3) is 0 Å². The number of piperidine rings is 1. The monoisotopic (exact) mass is 290 g/mol. The Morgan fingerprint density at radius 2 is 2.05 bits per heavy atom. The molecule has 21 heavy (non-hydrogen) atoms. The summed E-state index contributed by atoms with van der Waals surface area (Å²) in [7, 11) is 0. The smallest absolute Gasteiger partial charge is 0.231 e. The number of carbonyl (C=O) groups excluding carboxylic acids is 1. The lowest BCUT2D eigenvalue weighted by Gasteiger charge is -2.38. The molecule has 1 fully saturated rings. The van der Waals surface area contributed by atoms with Crippen LogP contribution in [0.2, 0.25) is 0 Å². The van der Waals surface area contributed by atoms with Crippen molar-refractivity contribution in [2.24, 2.45) is 11.3 Å². The van der Waals surface area contributed by atoms with E-state index in [1.165, 1.54) is 0 Å². The summed E-state index contributed by atoms with van der Waals surface area (Å²) in [6.45, 7) is 8.25. The third-order valence-electron chi connectivity index (χ3n) is 4.27. The van der Waals surface area contributed by atoms with Crippen molar-refractivity contribution < 1.29 is 9.90 Å². The molecule has 4 heteroatoms. The van der Waals surface area contributed by atoms with Crippen molar-refractivity contribution >= 4 is 11.6 Å². The predicted octanol–water partition coefficient (Wildman–Crippen LogP) is 2.35. The molecule has 2 atom stereocenters. The standard InChI is InChI=1S/C17H26N2O2/c1-13-9-10-19(11-15(13)20)12-17(2,3)16(21)18-14-7-5-4-6-8-14/h4-8,13,15,20H,9-12H2,1-3H3,(H,18,21). The van der Waals surface area contributed by atoms with Gasteiger partial charge in [-0.2, -0.15) is 0 Å². The Labute approximate surface area is 127 Å². The molecule has 0 bridgehead atoms. The summed E-state index contributed by atoms with van der Waals surface area (Å²) < 4.78 is 0. The SMILES string of the molecule is CC1CCN(CC(C)(C)C(=O)Nc2ccccc2)CC1O. The zero-order chi connectivity index (χ0) is 15.5. The molecular weight excluding hydrogens is 264 g/mol. The number of anilines is 1. The number of nitrogens with zero attached hydrogens (tertiary/aromatic N) is 1. The van der Waals surface area contributed by atoms with Crippen LogP contribution in [0.15, 0.2) is 30.3 Å². The Balaban J connectivity index is 1.93. The van der Waals surface area contributed by atoms with E-state index >= 15 is 0 Å². The summed E-state index contributed by atoms with van der Waals surface area (Å²) in [5.41, 5.74) is 0.332. The number of β-amino-alcohol motifs (C(OH)–C–C–N with tert-alkyl or cyclic N) is 1. The molecule has 1 heterocycles. The lowest BCUT2D eigenvalue weighted by Crippen LogP contribution is -2.49. The molecule has 116 valence electrons. The minimum Gasteiger partial charge on any atom is -0.392 e. The van der Waals surface area contributed by atoms with E-state index in [4.69, 9.17) is 0 Å². The van der Waals surface area contributed by atoms with Crippen molar-refractivity contribution in [1.29, 1.82) is 0 Å². The van der Waals surface area contributed by atoms with E-state index in [1.54, 1.807) is 0 Å². The fourth-order valence-electron chi connectivity index (χ4n) is 2.71. The first-order valence-corrected chi connectivity index (χ1v) is 7.65. The van der Waals surface area contributed by atoms with Gasteiger partial charge < -0.3 is 10.4 Å². The van der Waals surface area contributed by atoms with Crippen molar-refractivity contribution in [3.05, 3.63) is 30.3 Å². The van der Waals surface area contributed by atoms with Crippen molar-refractivity contribution in [3.8, 4) is 0 Å². The first-order valence-electron chi connectivity index (χ1n) is 7.65. The van der Waals surface area contributed by atoms with E-state index in [0.29, 0.717) is 19.0 Å². The molecule has 4 nitrogen and oxygen atoms in total. The molecule has 0 saturated carbocycles. The van der Waals surface area contributed by atoms with Gasteiger partial charge in [-0.3, -0.25) is 9.69 Å². The van der Waals surface area contributed by atoms with Gasteiger partial charge >= 0.3 is 0 Å². The number of benzene rings is 1. The van der Waals surface area contributed by atoms with Gasteiger partial charge in [-0.05, 0) is 44.9 Å². The molecule has 0 spiro atoms. The highest BCUT2D eigenvalue weighted by Gasteiger charge is 2.33. The molecule has 1 saturated heterocycles. The fraction of sp³-hybridized carbons (Fsp3) is 0.588. The minimum absolute atomic E-state index is 0.0156. The van der Waals surface area contributed by atoms with Crippen LogP contribution in [0.25, 0.3) is 0 Å². The van der Waals surface area contributed by atoms with Gasteiger partial charge in [0.15, 0.2) is 0 Å². The second-order valence-corrected chi connectivity index (χ2v) is 6.77. The molecule has 0 aliphatic carbocycles. The zero-order valence-corrected chi connectivity index (χ0v) is 13.2. The molecule has 1 aliphatic rings. The summed E-state index contributed by atoms with van der Waals surface area (Å²) in [6.07, 6.45) is 0.698. The van der Waals surface area contributed by atoms with Gasteiger partial charge in [-0.1, -0.05) is 25.1 Å². The Kier molecular flexibility index (Phi) is 5.01. The highest BCUT2D eigenvalue weighted by atomic mass is 16.3. The van der Waals surface area contributed by atoms with E-state index in [-0.39, 0.29) is 12.0 Å². The Hall–Kier alpha value is -1.39. The number of amides is 1. The van der Waals surface area contributed by atoms with Crippen molar-refractivity contribution in [2.45, 2.75) is 33.3 Å². The Bertz CT molecular complexity index is 473. The quantitative estimate of drug-likeness (QED) is 0.895. The molecule has 2 rings (SSSR count). The molecule has 1 aliphatic heterocycles.